The first-order chi connectivity index (χ1) is 5.12. The SMILES string of the molecule is CC#CCCC(C)(C)CC=O. The summed E-state index contributed by atoms with van der Waals surface area (Å²) in [5.74, 6) is 5.84. The second-order valence-electron chi connectivity index (χ2n) is 3.46. The van der Waals surface area contributed by atoms with Gasteiger partial charge in [0.25, 0.3) is 0 Å². The molecule has 0 amide bonds. The molecule has 1 nitrogen and oxygen atoms in total. The molecule has 0 spiro atoms. The van der Waals surface area contributed by atoms with Crippen molar-refractivity contribution in [2.75, 3.05) is 0 Å². The summed E-state index contributed by atoms with van der Waals surface area (Å²) in [7, 11) is 0. The molecular weight excluding hydrogens is 136 g/mol. The molecule has 0 aliphatic rings. The molecule has 0 fully saturated rings. The summed E-state index contributed by atoms with van der Waals surface area (Å²) >= 11 is 0. The second-order valence-corrected chi connectivity index (χ2v) is 3.46. The van der Waals surface area contributed by atoms with Gasteiger partial charge in [-0.15, -0.1) is 11.8 Å². The maximum Gasteiger partial charge on any atom is 0.120 e. The number of carbonyl (C=O) groups is 1. The molecule has 0 bridgehead atoms. The normalized spacial score (nSPS) is 10.1. The van der Waals surface area contributed by atoms with E-state index in [4.69, 9.17) is 0 Å². The van der Waals surface area contributed by atoms with Crippen LogP contribution in [0.5, 0.6) is 0 Å². The molecule has 0 heterocycles. The Morgan fingerprint density at radius 1 is 1.45 bits per heavy atom. The van der Waals surface area contributed by atoms with Gasteiger partial charge in [0.15, 0.2) is 0 Å². The Morgan fingerprint density at radius 2 is 2.09 bits per heavy atom. The highest BCUT2D eigenvalue weighted by Crippen LogP contribution is 2.24. The standard InChI is InChI=1S/C10H16O/c1-4-5-6-7-10(2,3)8-9-11/h9H,6-8H2,1-3H3. The Bertz CT molecular complexity index is 169. The van der Waals surface area contributed by atoms with Crippen LogP contribution < -0.4 is 0 Å². The van der Waals surface area contributed by atoms with E-state index in [0.29, 0.717) is 6.42 Å². The van der Waals surface area contributed by atoms with Gasteiger partial charge in [0.05, 0.1) is 0 Å². The van der Waals surface area contributed by atoms with Crippen molar-refractivity contribution in [2.24, 2.45) is 5.41 Å². The highest BCUT2D eigenvalue weighted by atomic mass is 16.1. The lowest BCUT2D eigenvalue weighted by molar-refractivity contribution is -0.109. The molecule has 62 valence electrons. The summed E-state index contributed by atoms with van der Waals surface area (Å²) in [5.41, 5.74) is 0.131. The minimum absolute atomic E-state index is 0.131. The maximum atomic E-state index is 10.2. The van der Waals surface area contributed by atoms with Crippen LogP contribution in [0, 0.1) is 17.3 Å². The number of aldehydes is 1. The first-order valence-electron chi connectivity index (χ1n) is 3.95. The fourth-order valence-corrected chi connectivity index (χ4v) is 0.854. The van der Waals surface area contributed by atoms with Gasteiger partial charge in [-0.05, 0) is 18.8 Å². The van der Waals surface area contributed by atoms with Crippen molar-refractivity contribution in [2.45, 2.75) is 40.0 Å². The van der Waals surface area contributed by atoms with Gasteiger partial charge in [-0.1, -0.05) is 13.8 Å². The molecule has 0 saturated heterocycles. The summed E-state index contributed by atoms with van der Waals surface area (Å²) in [5, 5.41) is 0. The highest BCUT2D eigenvalue weighted by Gasteiger charge is 2.15. The lowest BCUT2D eigenvalue weighted by atomic mass is 9.85. The van der Waals surface area contributed by atoms with E-state index in [2.05, 4.69) is 25.7 Å². The Morgan fingerprint density at radius 3 is 2.55 bits per heavy atom. The maximum absolute atomic E-state index is 10.2. The van der Waals surface area contributed by atoms with Crippen molar-refractivity contribution >= 4 is 6.29 Å². The Balaban J connectivity index is 3.68. The van der Waals surface area contributed by atoms with E-state index in [-0.39, 0.29) is 5.41 Å². The third kappa shape index (κ3) is 5.66. The van der Waals surface area contributed by atoms with Crippen LogP contribution in [0.25, 0.3) is 0 Å². The third-order valence-corrected chi connectivity index (χ3v) is 1.74. The van der Waals surface area contributed by atoms with Crippen LogP contribution in [0.3, 0.4) is 0 Å². The fourth-order valence-electron chi connectivity index (χ4n) is 0.854. The largest absolute Gasteiger partial charge is 0.303 e. The van der Waals surface area contributed by atoms with E-state index >= 15 is 0 Å². The number of rotatable bonds is 4. The molecule has 0 aromatic rings. The molecule has 0 aliphatic carbocycles. The van der Waals surface area contributed by atoms with Crippen molar-refractivity contribution in [1.29, 1.82) is 0 Å². The van der Waals surface area contributed by atoms with Crippen molar-refractivity contribution in [1.82, 2.24) is 0 Å². The van der Waals surface area contributed by atoms with Crippen LogP contribution in [0.2, 0.25) is 0 Å². The molecule has 0 N–H and O–H groups in total. The molecule has 11 heavy (non-hydrogen) atoms. The van der Waals surface area contributed by atoms with E-state index in [1.165, 1.54) is 0 Å². The molecule has 0 radical (unpaired) electrons. The van der Waals surface area contributed by atoms with Gasteiger partial charge in [0.2, 0.25) is 0 Å². The van der Waals surface area contributed by atoms with E-state index in [1.54, 1.807) is 0 Å². The van der Waals surface area contributed by atoms with E-state index in [1.807, 2.05) is 6.92 Å². The van der Waals surface area contributed by atoms with Gasteiger partial charge in [0, 0.05) is 12.8 Å². The van der Waals surface area contributed by atoms with Crippen molar-refractivity contribution < 1.29 is 4.79 Å². The van der Waals surface area contributed by atoms with Crippen molar-refractivity contribution in [3.05, 3.63) is 0 Å². The Labute approximate surface area is 69.2 Å². The zero-order chi connectivity index (χ0) is 8.74. The average molecular weight is 152 g/mol. The molecule has 0 aromatic carbocycles. The summed E-state index contributed by atoms with van der Waals surface area (Å²) in [6.45, 7) is 6.03. The number of hydrogen-bond acceptors (Lipinski definition) is 1. The lowest BCUT2D eigenvalue weighted by Gasteiger charge is -2.19. The first kappa shape index (κ1) is 10.2. The van der Waals surface area contributed by atoms with E-state index < -0.39 is 0 Å². The second kappa shape index (κ2) is 4.96. The highest BCUT2D eigenvalue weighted by molar-refractivity contribution is 5.50. The average Bonchev–Trinajstić information content (AvgIpc) is 1.87. The topological polar surface area (TPSA) is 17.1 Å². The number of carbonyl (C=O) groups excluding carboxylic acids is 1. The number of hydrogen-bond donors (Lipinski definition) is 0. The summed E-state index contributed by atoms with van der Waals surface area (Å²) in [6.07, 6.45) is 3.53. The minimum atomic E-state index is 0.131. The monoisotopic (exact) mass is 152 g/mol. The predicted molar refractivity (Wildman–Crippen MR) is 47.1 cm³/mol. The third-order valence-electron chi connectivity index (χ3n) is 1.74. The van der Waals surface area contributed by atoms with Gasteiger partial charge in [0.1, 0.15) is 6.29 Å². The lowest BCUT2D eigenvalue weighted by Crippen LogP contribution is -2.11. The molecule has 0 aliphatic heterocycles. The van der Waals surface area contributed by atoms with Crippen LogP contribution in [0.4, 0.5) is 0 Å². The van der Waals surface area contributed by atoms with E-state index in [9.17, 15) is 4.79 Å². The summed E-state index contributed by atoms with van der Waals surface area (Å²) in [4.78, 5) is 10.2. The van der Waals surface area contributed by atoms with Gasteiger partial charge in [-0.3, -0.25) is 0 Å². The van der Waals surface area contributed by atoms with Crippen LogP contribution in [-0.2, 0) is 4.79 Å². The molecule has 0 atom stereocenters. The minimum Gasteiger partial charge on any atom is -0.303 e. The van der Waals surface area contributed by atoms with Crippen LogP contribution >= 0.6 is 0 Å². The first-order valence-corrected chi connectivity index (χ1v) is 3.95. The van der Waals surface area contributed by atoms with Gasteiger partial charge < -0.3 is 4.79 Å². The molecular formula is C10H16O. The summed E-state index contributed by atoms with van der Waals surface area (Å²) in [6, 6.07) is 0. The van der Waals surface area contributed by atoms with E-state index in [0.717, 1.165) is 19.1 Å². The molecule has 0 unspecified atom stereocenters. The molecule has 1 heteroatoms. The smallest absolute Gasteiger partial charge is 0.120 e. The van der Waals surface area contributed by atoms with Gasteiger partial charge in [-0.2, -0.15) is 0 Å². The summed E-state index contributed by atoms with van der Waals surface area (Å²) < 4.78 is 0. The Kier molecular flexibility index (Phi) is 4.61. The molecule has 0 rings (SSSR count). The fraction of sp³-hybridized carbons (Fsp3) is 0.700. The quantitative estimate of drug-likeness (QED) is 0.446. The van der Waals surface area contributed by atoms with Crippen molar-refractivity contribution in [3.8, 4) is 11.8 Å². The van der Waals surface area contributed by atoms with Crippen LogP contribution in [0.1, 0.15) is 40.0 Å². The zero-order valence-electron chi connectivity index (χ0n) is 7.61. The zero-order valence-corrected chi connectivity index (χ0v) is 7.61. The predicted octanol–water partition coefficient (Wildman–Crippen LogP) is 2.41. The van der Waals surface area contributed by atoms with Crippen molar-refractivity contribution in [3.63, 3.8) is 0 Å². The molecule has 0 aromatic heterocycles. The molecule has 0 saturated carbocycles. The van der Waals surface area contributed by atoms with Crippen LogP contribution in [-0.4, -0.2) is 6.29 Å². The van der Waals surface area contributed by atoms with Gasteiger partial charge >= 0.3 is 0 Å². The Hall–Kier alpha value is -0.770. The van der Waals surface area contributed by atoms with Gasteiger partial charge in [-0.25, -0.2) is 0 Å². The van der Waals surface area contributed by atoms with Crippen LogP contribution in [0.15, 0.2) is 0 Å².